The Morgan fingerprint density at radius 2 is 1.89 bits per heavy atom. The van der Waals surface area contributed by atoms with E-state index in [4.69, 9.17) is 9.84 Å². The Kier molecular flexibility index (Phi) is 3.83. The van der Waals surface area contributed by atoms with Crippen LogP contribution in [0.1, 0.15) is 6.23 Å². The predicted octanol–water partition coefficient (Wildman–Crippen LogP) is -3.49. The van der Waals surface area contributed by atoms with Gasteiger partial charge in [0.1, 0.15) is 24.4 Å². The molecule has 1 aromatic rings. The van der Waals surface area contributed by atoms with Gasteiger partial charge < -0.3 is 25.2 Å². The molecule has 0 unspecified atom stereocenters. The summed E-state index contributed by atoms with van der Waals surface area (Å²) in [5, 5.41) is 38.0. The van der Waals surface area contributed by atoms with Crippen molar-refractivity contribution < 1.29 is 25.2 Å². The molecule has 0 amide bonds. The summed E-state index contributed by atoms with van der Waals surface area (Å²) >= 11 is 0. The van der Waals surface area contributed by atoms with Crippen molar-refractivity contribution in [3.8, 4) is 0 Å². The van der Waals surface area contributed by atoms with E-state index in [0.29, 0.717) is 0 Å². The Morgan fingerprint density at radius 1 is 1.21 bits per heavy atom. The third kappa shape index (κ3) is 2.46. The average molecular weight is 280 g/mol. The SMILES string of the molecule is O=c1ccn([13C@@H]2O[13C@H]([13CH2]O)[13C@@H](O)[13C@H](O)[13C@H]2O)c(=O)[nH]1. The number of hydrogen-bond donors (Lipinski definition) is 5. The van der Waals surface area contributed by atoms with Gasteiger partial charge in [-0.05, 0) is 0 Å². The van der Waals surface area contributed by atoms with Crippen molar-refractivity contribution >= 4 is 0 Å². The highest BCUT2D eigenvalue weighted by Crippen LogP contribution is 2.26. The van der Waals surface area contributed by atoms with E-state index >= 15 is 0 Å². The Morgan fingerprint density at radius 3 is 2.47 bits per heavy atom. The fraction of sp³-hybridized carbons (Fsp3) is 0.600. The summed E-state index contributed by atoms with van der Waals surface area (Å²) in [6.07, 6.45) is -6.03. The molecule has 0 radical (unpaired) electrons. The summed E-state index contributed by atoms with van der Waals surface area (Å²) in [7, 11) is 0. The lowest BCUT2D eigenvalue weighted by Gasteiger charge is -2.40. The first-order valence-corrected chi connectivity index (χ1v) is 5.57. The molecule has 2 heterocycles. The highest BCUT2D eigenvalue weighted by atomic mass is 16.8. The number of ether oxygens (including phenoxy) is 1. The van der Waals surface area contributed by atoms with Crippen LogP contribution < -0.4 is 11.2 Å². The Labute approximate surface area is 106 Å². The lowest BCUT2D eigenvalue weighted by atomic mass is 10.6. The van der Waals surface area contributed by atoms with Gasteiger partial charge in [-0.15, -0.1) is 0 Å². The second-order valence-corrected chi connectivity index (χ2v) is 4.24. The van der Waals surface area contributed by atoms with Crippen LogP contribution in [-0.2, 0) is 4.74 Å². The van der Waals surface area contributed by atoms with Gasteiger partial charge >= 0.3 is 5.69 Å². The van der Waals surface area contributed by atoms with Crippen LogP contribution in [0.2, 0.25) is 0 Å². The highest BCUT2D eigenvalue weighted by molar-refractivity contribution is 4.93. The second-order valence-electron chi connectivity index (χ2n) is 4.24. The summed E-state index contributed by atoms with van der Waals surface area (Å²) in [6.45, 7) is -0.598. The van der Waals surface area contributed by atoms with Gasteiger partial charge in [-0.25, -0.2) is 4.79 Å². The number of nitrogens with one attached hydrogen (secondary N) is 1. The number of aromatic amines is 1. The smallest absolute Gasteiger partial charge is 0.330 e. The quantitative estimate of drug-likeness (QED) is 0.353. The minimum atomic E-state index is -1.59. The number of aliphatic hydroxyl groups is 4. The zero-order chi connectivity index (χ0) is 14.2. The lowest BCUT2D eigenvalue weighted by Crippen LogP contribution is -2.57. The number of rotatable bonds is 2. The van der Waals surface area contributed by atoms with E-state index in [9.17, 15) is 24.9 Å². The molecule has 1 aromatic heterocycles. The normalized spacial score (nSPS) is 35.3. The zero-order valence-corrected chi connectivity index (χ0v) is 9.71. The van der Waals surface area contributed by atoms with Crippen molar-refractivity contribution in [1.29, 1.82) is 0 Å². The fourth-order valence-corrected chi connectivity index (χ4v) is 1.94. The minimum absolute atomic E-state index is 0.598. The Hall–Kier alpha value is -1.52. The van der Waals surface area contributed by atoms with Crippen LogP contribution >= 0.6 is 0 Å². The van der Waals surface area contributed by atoms with Crippen molar-refractivity contribution in [1.82, 2.24) is 9.55 Å². The van der Waals surface area contributed by atoms with E-state index in [0.717, 1.165) is 16.8 Å². The third-order valence-corrected chi connectivity index (χ3v) is 2.99. The number of aromatic nitrogens is 2. The van der Waals surface area contributed by atoms with Crippen molar-refractivity contribution in [2.75, 3.05) is 6.61 Å². The molecule has 1 aliphatic heterocycles. The average Bonchev–Trinajstić information content (AvgIpc) is 2.38. The maximum absolute atomic E-state index is 11.6. The number of H-pyrrole nitrogens is 1. The first-order chi connectivity index (χ1) is 8.95. The van der Waals surface area contributed by atoms with Gasteiger partial charge in [0.25, 0.3) is 5.56 Å². The van der Waals surface area contributed by atoms with Crippen LogP contribution in [0.5, 0.6) is 0 Å². The summed E-state index contributed by atoms with van der Waals surface area (Å²) in [4.78, 5) is 24.5. The van der Waals surface area contributed by atoms with E-state index in [-0.39, 0.29) is 0 Å². The van der Waals surface area contributed by atoms with Crippen molar-refractivity contribution in [2.24, 2.45) is 0 Å². The molecule has 0 spiro atoms. The van der Waals surface area contributed by atoms with E-state index in [1.807, 2.05) is 4.98 Å². The minimum Gasteiger partial charge on any atom is -0.394 e. The van der Waals surface area contributed by atoms with E-state index < -0.39 is 48.5 Å². The largest absolute Gasteiger partial charge is 0.394 e. The summed E-state index contributed by atoms with van der Waals surface area (Å²) in [5.41, 5.74) is -1.46. The molecule has 0 aromatic carbocycles. The summed E-state index contributed by atoms with van der Waals surface area (Å²) < 4.78 is 6.03. The summed E-state index contributed by atoms with van der Waals surface area (Å²) in [6, 6.07) is 1.04. The van der Waals surface area contributed by atoms with Gasteiger partial charge in [0.2, 0.25) is 0 Å². The molecular weight excluding hydrogens is 266 g/mol. The monoisotopic (exact) mass is 280 g/mol. The molecule has 1 saturated heterocycles. The molecule has 0 bridgehead atoms. The maximum Gasteiger partial charge on any atom is 0.330 e. The molecule has 1 aliphatic rings. The molecule has 5 N–H and O–H groups in total. The maximum atomic E-state index is 11.6. The van der Waals surface area contributed by atoms with Gasteiger partial charge in [0, 0.05) is 12.3 Å². The van der Waals surface area contributed by atoms with Gasteiger partial charge in [0.05, 0.1) is 6.61 Å². The van der Waals surface area contributed by atoms with Crippen LogP contribution in [0.3, 0.4) is 0 Å². The van der Waals surface area contributed by atoms with Crippen LogP contribution in [-0.4, -0.2) is 61.0 Å². The number of nitrogens with zero attached hydrogens (tertiary/aromatic N) is 1. The molecular formula is C10H14N2O7. The van der Waals surface area contributed by atoms with Gasteiger partial charge in [-0.3, -0.25) is 14.3 Å². The molecule has 5 atom stereocenters. The first kappa shape index (κ1) is 13.9. The van der Waals surface area contributed by atoms with Gasteiger partial charge in [-0.1, -0.05) is 0 Å². The molecule has 0 aliphatic carbocycles. The van der Waals surface area contributed by atoms with Crippen LogP contribution in [0.15, 0.2) is 21.9 Å². The zero-order valence-electron chi connectivity index (χ0n) is 9.71. The lowest BCUT2D eigenvalue weighted by molar-refractivity contribution is -0.252. The molecule has 106 valence electrons. The number of hydrogen-bond acceptors (Lipinski definition) is 7. The topological polar surface area (TPSA) is 145 Å². The van der Waals surface area contributed by atoms with Gasteiger partial charge in [-0.2, -0.15) is 0 Å². The summed E-state index contributed by atoms with van der Waals surface area (Å²) in [5.74, 6) is 0. The fourth-order valence-electron chi connectivity index (χ4n) is 1.94. The van der Waals surface area contributed by atoms with E-state index in [2.05, 4.69) is 0 Å². The Bertz CT molecular complexity index is 551. The standard InChI is InChI=1S/C10H14N2O7/c13-3-4-6(15)7(16)8(17)9(19-4)12-2-1-5(14)11-10(12)18/h1-2,4,6-9,13,15-17H,3H2,(H,11,14,18)/t4-,6-,7+,8-,9-/m1/s1/i3+1,4+1,6+1,7+1,8+1,9+1. The molecule has 9 nitrogen and oxygen atoms in total. The second kappa shape index (κ2) is 5.23. The molecule has 1 fully saturated rings. The van der Waals surface area contributed by atoms with E-state index in [1.165, 1.54) is 0 Å². The van der Waals surface area contributed by atoms with E-state index in [1.54, 1.807) is 0 Å². The van der Waals surface area contributed by atoms with Crippen molar-refractivity contribution in [3.05, 3.63) is 33.1 Å². The van der Waals surface area contributed by atoms with Crippen molar-refractivity contribution in [3.63, 3.8) is 0 Å². The van der Waals surface area contributed by atoms with Crippen LogP contribution in [0.25, 0.3) is 0 Å². The Balaban J connectivity index is 2.38. The van der Waals surface area contributed by atoms with Gasteiger partial charge in [0.15, 0.2) is 6.23 Å². The van der Waals surface area contributed by atoms with Crippen molar-refractivity contribution in [2.45, 2.75) is 30.6 Å². The first-order valence-electron chi connectivity index (χ1n) is 5.57. The molecule has 0 saturated carbocycles. The third-order valence-electron chi connectivity index (χ3n) is 2.99. The highest BCUT2D eigenvalue weighted by Gasteiger charge is 2.44. The predicted molar refractivity (Wildman–Crippen MR) is 60.3 cm³/mol. The molecule has 9 heteroatoms. The molecule has 19 heavy (non-hydrogen) atoms. The number of aliphatic hydroxyl groups excluding tert-OH is 4. The molecule has 2 rings (SSSR count). The van der Waals surface area contributed by atoms with Crippen LogP contribution in [0.4, 0.5) is 0 Å². The van der Waals surface area contributed by atoms with Crippen LogP contribution in [0, 0.1) is 0 Å².